The van der Waals surface area contributed by atoms with Crippen LogP contribution in [0, 0.1) is 0 Å². The Labute approximate surface area is 168 Å². The molecule has 8 heteroatoms. The van der Waals surface area contributed by atoms with Gasteiger partial charge in [-0.15, -0.1) is 0 Å². The van der Waals surface area contributed by atoms with Crippen LogP contribution in [0.15, 0.2) is 50.4 Å². The molecule has 5 nitrogen and oxygen atoms in total. The van der Waals surface area contributed by atoms with Gasteiger partial charge in [-0.05, 0) is 64.9 Å². The van der Waals surface area contributed by atoms with Crippen molar-refractivity contribution in [2.45, 2.75) is 13.5 Å². The molecule has 132 valence electrons. The van der Waals surface area contributed by atoms with E-state index in [0.717, 1.165) is 20.1 Å². The number of hydrogen-bond donors (Lipinski definition) is 2. The number of rotatable bonds is 7. The molecule has 3 N–H and O–H groups in total. The first kappa shape index (κ1) is 19.7. The molecule has 0 fully saturated rings. The second-order valence-corrected chi connectivity index (χ2v) is 7.11. The molecule has 0 saturated heterocycles. The van der Waals surface area contributed by atoms with Gasteiger partial charge in [0, 0.05) is 14.5 Å². The summed E-state index contributed by atoms with van der Waals surface area (Å²) in [5.74, 6) is 1.29. The lowest BCUT2D eigenvalue weighted by atomic mass is 10.2. The van der Waals surface area contributed by atoms with Crippen LogP contribution in [-0.4, -0.2) is 17.9 Å². The van der Waals surface area contributed by atoms with Crippen LogP contribution in [0.2, 0.25) is 0 Å². The van der Waals surface area contributed by atoms with Gasteiger partial charge < -0.3 is 15.2 Å². The summed E-state index contributed by atoms with van der Waals surface area (Å²) in [6, 6.07) is 11.7. The fourth-order valence-corrected chi connectivity index (χ4v) is 2.68. The van der Waals surface area contributed by atoms with Gasteiger partial charge >= 0.3 is 0 Å². The molecule has 2 aromatic rings. The van der Waals surface area contributed by atoms with E-state index in [9.17, 15) is 0 Å². The molecular formula is C17H17Br2N3O2S. The first-order valence-corrected chi connectivity index (χ1v) is 9.41. The standard InChI is InChI=1S/C17H17Br2N3O2S/c1-2-23-15-7-12(9-21-22-17(20)25)14(19)8-16(15)24-10-11-3-5-13(18)6-4-11/h3-9H,2,10H2,1H3,(H3,20,22,25)/b21-9-. The van der Waals surface area contributed by atoms with E-state index in [1.54, 1.807) is 6.21 Å². The van der Waals surface area contributed by atoms with Crippen molar-refractivity contribution in [3.63, 3.8) is 0 Å². The number of nitrogens with zero attached hydrogens (tertiary/aromatic N) is 1. The van der Waals surface area contributed by atoms with E-state index in [-0.39, 0.29) is 5.11 Å². The number of benzene rings is 2. The molecule has 0 bridgehead atoms. The number of thiocarbonyl (C=S) groups is 1. The van der Waals surface area contributed by atoms with Crippen LogP contribution in [0.3, 0.4) is 0 Å². The normalized spacial score (nSPS) is 10.7. The summed E-state index contributed by atoms with van der Waals surface area (Å²) in [5.41, 5.74) is 9.74. The first-order valence-electron chi connectivity index (χ1n) is 7.41. The van der Waals surface area contributed by atoms with Gasteiger partial charge in [0.15, 0.2) is 16.6 Å². The van der Waals surface area contributed by atoms with Crippen molar-refractivity contribution < 1.29 is 9.47 Å². The minimum atomic E-state index is 0.104. The number of ether oxygens (including phenoxy) is 2. The van der Waals surface area contributed by atoms with Crippen molar-refractivity contribution in [1.82, 2.24) is 5.43 Å². The zero-order valence-corrected chi connectivity index (χ0v) is 17.4. The van der Waals surface area contributed by atoms with Crippen LogP contribution in [0.25, 0.3) is 0 Å². The smallest absolute Gasteiger partial charge is 0.184 e. The van der Waals surface area contributed by atoms with Crippen molar-refractivity contribution >= 4 is 55.4 Å². The maximum atomic E-state index is 5.92. The van der Waals surface area contributed by atoms with Crippen LogP contribution in [0.4, 0.5) is 0 Å². The molecule has 0 aliphatic rings. The molecule has 0 radical (unpaired) electrons. The third-order valence-corrected chi connectivity index (χ3v) is 4.36. The number of hydrazone groups is 1. The van der Waals surface area contributed by atoms with E-state index in [1.165, 1.54) is 0 Å². The molecule has 0 aliphatic carbocycles. The first-order chi connectivity index (χ1) is 12.0. The summed E-state index contributed by atoms with van der Waals surface area (Å²) in [7, 11) is 0. The second kappa shape index (κ2) is 9.74. The molecule has 0 aromatic heterocycles. The molecule has 0 atom stereocenters. The molecule has 0 unspecified atom stereocenters. The van der Waals surface area contributed by atoms with Gasteiger partial charge in [0.25, 0.3) is 0 Å². The molecule has 2 rings (SSSR count). The molecule has 0 heterocycles. The minimum absolute atomic E-state index is 0.104. The Morgan fingerprint density at radius 2 is 1.88 bits per heavy atom. The van der Waals surface area contributed by atoms with E-state index in [0.29, 0.717) is 24.7 Å². The van der Waals surface area contributed by atoms with Gasteiger partial charge in [0.1, 0.15) is 6.61 Å². The van der Waals surface area contributed by atoms with E-state index < -0.39 is 0 Å². The maximum Gasteiger partial charge on any atom is 0.184 e. The van der Waals surface area contributed by atoms with Crippen molar-refractivity contribution in [3.8, 4) is 11.5 Å². The zero-order chi connectivity index (χ0) is 18.2. The van der Waals surface area contributed by atoms with Crippen LogP contribution in [0.5, 0.6) is 11.5 Å². The SMILES string of the molecule is CCOc1cc(/C=N\NC(N)=S)c(Br)cc1OCc1ccc(Br)cc1. The molecule has 2 aromatic carbocycles. The summed E-state index contributed by atoms with van der Waals surface area (Å²) in [5, 5.41) is 4.07. The lowest BCUT2D eigenvalue weighted by molar-refractivity contribution is 0.269. The van der Waals surface area contributed by atoms with Crippen LogP contribution in [-0.2, 0) is 6.61 Å². The Morgan fingerprint density at radius 1 is 1.20 bits per heavy atom. The number of nitrogens with one attached hydrogen (secondary N) is 1. The molecule has 0 saturated carbocycles. The summed E-state index contributed by atoms with van der Waals surface area (Å²) < 4.78 is 13.5. The molecule has 0 amide bonds. The molecule has 0 spiro atoms. The molecule has 0 aliphatic heterocycles. The Morgan fingerprint density at radius 3 is 2.52 bits per heavy atom. The van der Waals surface area contributed by atoms with Crippen LogP contribution >= 0.6 is 44.1 Å². The average molecular weight is 487 g/mol. The number of nitrogens with two attached hydrogens (primary N) is 1. The zero-order valence-electron chi connectivity index (χ0n) is 13.5. The van der Waals surface area contributed by atoms with Gasteiger partial charge in [-0.1, -0.05) is 28.1 Å². The van der Waals surface area contributed by atoms with Gasteiger partial charge in [-0.3, -0.25) is 5.43 Å². The highest BCUT2D eigenvalue weighted by Gasteiger charge is 2.10. The van der Waals surface area contributed by atoms with E-state index in [1.807, 2.05) is 43.3 Å². The lowest BCUT2D eigenvalue weighted by Crippen LogP contribution is -2.24. The number of hydrogen-bond acceptors (Lipinski definition) is 4. The highest BCUT2D eigenvalue weighted by atomic mass is 79.9. The Balaban J connectivity index is 2.18. The third-order valence-electron chi connectivity index (χ3n) is 3.05. The maximum absolute atomic E-state index is 5.92. The third kappa shape index (κ3) is 6.30. The minimum Gasteiger partial charge on any atom is -0.490 e. The van der Waals surface area contributed by atoms with Crippen LogP contribution in [0.1, 0.15) is 18.1 Å². The molecular weight excluding hydrogens is 470 g/mol. The predicted molar refractivity (Wildman–Crippen MR) is 111 cm³/mol. The summed E-state index contributed by atoms with van der Waals surface area (Å²) >= 11 is 11.6. The fourth-order valence-electron chi connectivity index (χ4n) is 1.94. The fraction of sp³-hybridized carbons (Fsp3) is 0.176. The van der Waals surface area contributed by atoms with Crippen LogP contribution < -0.4 is 20.6 Å². The van der Waals surface area contributed by atoms with E-state index >= 15 is 0 Å². The Hall–Kier alpha value is -1.64. The lowest BCUT2D eigenvalue weighted by Gasteiger charge is -2.14. The van der Waals surface area contributed by atoms with Gasteiger partial charge in [0.05, 0.1) is 12.8 Å². The Bertz CT molecular complexity index is 767. The quantitative estimate of drug-likeness (QED) is 0.345. The van der Waals surface area contributed by atoms with Crippen molar-refractivity contribution in [1.29, 1.82) is 0 Å². The summed E-state index contributed by atoms with van der Waals surface area (Å²) in [6.07, 6.45) is 1.60. The average Bonchev–Trinajstić information content (AvgIpc) is 2.57. The van der Waals surface area contributed by atoms with Crippen molar-refractivity contribution in [2.75, 3.05) is 6.61 Å². The van der Waals surface area contributed by atoms with E-state index in [4.69, 9.17) is 27.4 Å². The monoisotopic (exact) mass is 485 g/mol. The topological polar surface area (TPSA) is 68.9 Å². The number of halogens is 2. The molecule has 25 heavy (non-hydrogen) atoms. The van der Waals surface area contributed by atoms with Gasteiger partial charge in [0.2, 0.25) is 0 Å². The van der Waals surface area contributed by atoms with Crippen molar-refractivity contribution in [3.05, 3.63) is 56.5 Å². The highest BCUT2D eigenvalue weighted by molar-refractivity contribution is 9.10. The Kier molecular flexibility index (Phi) is 7.67. The van der Waals surface area contributed by atoms with Gasteiger partial charge in [-0.25, -0.2) is 0 Å². The highest BCUT2D eigenvalue weighted by Crippen LogP contribution is 2.33. The summed E-state index contributed by atoms with van der Waals surface area (Å²) in [4.78, 5) is 0. The second-order valence-electron chi connectivity index (χ2n) is 4.90. The predicted octanol–water partition coefficient (Wildman–Crippen LogP) is 4.36. The summed E-state index contributed by atoms with van der Waals surface area (Å²) in [6.45, 7) is 2.89. The van der Waals surface area contributed by atoms with Gasteiger partial charge in [-0.2, -0.15) is 5.10 Å². The largest absolute Gasteiger partial charge is 0.490 e. The van der Waals surface area contributed by atoms with E-state index in [2.05, 4.69) is 42.4 Å². The van der Waals surface area contributed by atoms with Crippen molar-refractivity contribution in [2.24, 2.45) is 10.8 Å².